The summed E-state index contributed by atoms with van der Waals surface area (Å²) in [6, 6.07) is -1.67. The van der Waals surface area contributed by atoms with Crippen molar-refractivity contribution in [3.05, 3.63) is 16.1 Å². The molecule has 1 aromatic rings. The van der Waals surface area contributed by atoms with Crippen LogP contribution in [-0.2, 0) is 20.9 Å². The molecule has 2 atom stereocenters. The number of rotatable bonds is 7. The van der Waals surface area contributed by atoms with Crippen LogP contribution in [0.3, 0.4) is 0 Å². The third-order valence-corrected chi connectivity index (χ3v) is 5.68. The van der Waals surface area contributed by atoms with Crippen LogP contribution in [0.4, 0.5) is 4.79 Å². The molecule has 154 valence electrons. The number of nitrogens with zero attached hydrogens (tertiary/aromatic N) is 2. The Morgan fingerprint density at radius 1 is 1.36 bits per heavy atom. The van der Waals surface area contributed by atoms with Gasteiger partial charge in [0, 0.05) is 18.3 Å². The Labute approximate surface area is 167 Å². The normalized spacial score (nSPS) is 20.4. The molecule has 0 bridgehead atoms. The molecular formula is C18H26N4O5S. The summed E-state index contributed by atoms with van der Waals surface area (Å²) >= 11 is 1.52. The zero-order valence-corrected chi connectivity index (χ0v) is 17.4. The smallest absolute Gasteiger partial charge is 0.318 e. The Kier molecular flexibility index (Phi) is 6.56. The number of Topliss-reactive ketones (excluding diaryl/α,β-unsaturated/α-hetero) is 1. The minimum Gasteiger partial charge on any atom is -0.373 e. The number of imide groups is 1. The van der Waals surface area contributed by atoms with E-state index >= 15 is 0 Å². The fourth-order valence-electron chi connectivity index (χ4n) is 2.80. The van der Waals surface area contributed by atoms with Gasteiger partial charge in [0.1, 0.15) is 0 Å². The number of ketones is 1. The summed E-state index contributed by atoms with van der Waals surface area (Å²) < 4.78 is 0. The lowest BCUT2D eigenvalue weighted by atomic mass is 9.86. The third-order valence-electron chi connectivity index (χ3n) is 4.49. The molecule has 1 unspecified atom stereocenters. The number of hydrogen-bond acceptors (Lipinski definition) is 7. The predicted molar refractivity (Wildman–Crippen MR) is 103 cm³/mol. The average molecular weight is 410 g/mol. The number of aliphatic hydroxyl groups is 1. The lowest BCUT2D eigenvalue weighted by Crippen LogP contribution is -2.58. The number of urea groups is 1. The molecule has 10 heteroatoms. The van der Waals surface area contributed by atoms with Crippen LogP contribution in [0, 0.1) is 5.92 Å². The molecule has 0 aliphatic carbocycles. The number of carbonyl (C=O) groups is 4. The first-order valence-corrected chi connectivity index (χ1v) is 9.90. The first kappa shape index (κ1) is 22.0. The summed E-state index contributed by atoms with van der Waals surface area (Å²) in [5, 5.41) is 17.7. The van der Waals surface area contributed by atoms with E-state index in [9.17, 15) is 24.3 Å². The van der Waals surface area contributed by atoms with Crippen LogP contribution in [0.1, 0.15) is 50.7 Å². The number of thiazole rings is 1. The topological polar surface area (TPSA) is 129 Å². The van der Waals surface area contributed by atoms with Crippen molar-refractivity contribution in [2.45, 2.75) is 58.2 Å². The van der Waals surface area contributed by atoms with Gasteiger partial charge in [0.25, 0.3) is 5.91 Å². The third kappa shape index (κ3) is 4.56. The number of hydrogen-bond donors (Lipinski definition) is 3. The summed E-state index contributed by atoms with van der Waals surface area (Å²) in [7, 11) is 1.56. The predicted octanol–water partition coefficient (Wildman–Crippen LogP) is 0.779. The molecule has 1 saturated heterocycles. The van der Waals surface area contributed by atoms with Crippen LogP contribution in [0.25, 0.3) is 0 Å². The maximum Gasteiger partial charge on any atom is 0.318 e. The van der Waals surface area contributed by atoms with Crippen molar-refractivity contribution in [2.24, 2.45) is 5.92 Å². The van der Waals surface area contributed by atoms with E-state index in [4.69, 9.17) is 0 Å². The van der Waals surface area contributed by atoms with Gasteiger partial charge in [-0.2, -0.15) is 0 Å². The van der Waals surface area contributed by atoms with E-state index < -0.39 is 47.6 Å². The standard InChI is InChI=1S/C18H26N4O5S/c1-9(2)13(14(24)18(27)6-12(23)20-16(18)25)21-17(26)22(5)7-11-8-28-15(19-11)10(3)4/h8-10,13,27H,6-7H2,1-5H3,(H,21,26)(H,20,23,25)/t13-,18?/m0/s1. The van der Waals surface area contributed by atoms with Crippen LogP contribution in [0.2, 0.25) is 0 Å². The summed E-state index contributed by atoms with van der Waals surface area (Å²) in [6.45, 7) is 7.67. The Morgan fingerprint density at radius 3 is 2.46 bits per heavy atom. The van der Waals surface area contributed by atoms with Crippen LogP contribution in [0.5, 0.6) is 0 Å². The minimum absolute atomic E-state index is 0.247. The second-order valence-electron chi connectivity index (χ2n) is 7.64. The van der Waals surface area contributed by atoms with E-state index in [1.165, 1.54) is 16.2 Å². The van der Waals surface area contributed by atoms with Crippen LogP contribution < -0.4 is 10.6 Å². The quantitative estimate of drug-likeness (QED) is 0.450. The van der Waals surface area contributed by atoms with Crippen LogP contribution in [0.15, 0.2) is 5.38 Å². The Morgan fingerprint density at radius 2 is 2.00 bits per heavy atom. The van der Waals surface area contributed by atoms with Crippen molar-refractivity contribution < 1.29 is 24.3 Å². The first-order chi connectivity index (χ1) is 13.0. The molecule has 0 saturated carbocycles. The maximum absolute atomic E-state index is 12.8. The second-order valence-corrected chi connectivity index (χ2v) is 8.53. The first-order valence-electron chi connectivity index (χ1n) is 9.02. The van der Waals surface area contributed by atoms with E-state index in [1.807, 2.05) is 24.5 Å². The highest BCUT2D eigenvalue weighted by Crippen LogP contribution is 2.23. The van der Waals surface area contributed by atoms with Gasteiger partial charge in [-0.25, -0.2) is 9.78 Å². The Hall–Kier alpha value is -2.33. The van der Waals surface area contributed by atoms with Gasteiger partial charge in [-0.15, -0.1) is 11.3 Å². The fourth-order valence-corrected chi connectivity index (χ4v) is 3.62. The van der Waals surface area contributed by atoms with Crippen molar-refractivity contribution in [2.75, 3.05) is 7.05 Å². The zero-order valence-electron chi connectivity index (χ0n) is 16.6. The summed E-state index contributed by atoms with van der Waals surface area (Å²) in [5.41, 5.74) is -1.72. The van der Waals surface area contributed by atoms with Crippen molar-refractivity contribution in [1.29, 1.82) is 0 Å². The monoisotopic (exact) mass is 410 g/mol. The van der Waals surface area contributed by atoms with Crippen molar-refractivity contribution >= 4 is 35.0 Å². The number of aromatic nitrogens is 1. The van der Waals surface area contributed by atoms with E-state index in [0.717, 1.165) is 10.7 Å². The zero-order chi connectivity index (χ0) is 21.2. The Balaban J connectivity index is 2.08. The Bertz CT molecular complexity index is 791. The number of carbonyl (C=O) groups excluding carboxylic acids is 4. The highest BCUT2D eigenvalue weighted by Gasteiger charge is 2.54. The molecular weight excluding hydrogens is 384 g/mol. The van der Waals surface area contributed by atoms with Gasteiger partial charge in [0.2, 0.25) is 11.5 Å². The van der Waals surface area contributed by atoms with Crippen LogP contribution >= 0.6 is 11.3 Å². The maximum atomic E-state index is 12.8. The van der Waals surface area contributed by atoms with Gasteiger partial charge >= 0.3 is 6.03 Å². The molecule has 0 spiro atoms. The molecule has 2 rings (SSSR count). The van der Waals surface area contributed by atoms with E-state index in [1.54, 1.807) is 20.9 Å². The molecule has 0 aromatic carbocycles. The molecule has 0 radical (unpaired) electrons. The van der Waals surface area contributed by atoms with Crippen molar-refractivity contribution in [1.82, 2.24) is 20.5 Å². The molecule has 9 nitrogen and oxygen atoms in total. The largest absolute Gasteiger partial charge is 0.373 e. The molecule has 2 heterocycles. The lowest BCUT2D eigenvalue weighted by molar-refractivity contribution is -0.150. The van der Waals surface area contributed by atoms with Crippen molar-refractivity contribution in [3.63, 3.8) is 0 Å². The van der Waals surface area contributed by atoms with E-state index in [0.29, 0.717) is 5.92 Å². The van der Waals surface area contributed by atoms with Crippen molar-refractivity contribution in [3.8, 4) is 0 Å². The molecule has 3 N–H and O–H groups in total. The summed E-state index contributed by atoms with van der Waals surface area (Å²) in [5.74, 6) is -2.79. The van der Waals surface area contributed by atoms with E-state index in [-0.39, 0.29) is 6.54 Å². The average Bonchev–Trinajstić information content (AvgIpc) is 3.16. The molecule has 1 aliphatic heterocycles. The molecule has 1 aromatic heterocycles. The van der Waals surface area contributed by atoms with Gasteiger partial charge in [-0.05, 0) is 5.92 Å². The van der Waals surface area contributed by atoms with Gasteiger partial charge in [-0.1, -0.05) is 27.7 Å². The SMILES string of the molecule is CC(C)c1nc(CN(C)C(=O)N[C@H](C(=O)C2(O)CC(=O)NC2=O)C(C)C)cs1. The highest BCUT2D eigenvalue weighted by molar-refractivity contribution is 7.09. The lowest BCUT2D eigenvalue weighted by Gasteiger charge is -2.29. The summed E-state index contributed by atoms with van der Waals surface area (Å²) in [4.78, 5) is 54.4. The molecule has 1 aliphatic rings. The number of amides is 4. The molecule has 1 fully saturated rings. The fraction of sp³-hybridized carbons (Fsp3) is 0.611. The summed E-state index contributed by atoms with van der Waals surface area (Å²) in [6.07, 6.45) is -0.642. The van der Waals surface area contributed by atoms with Gasteiger partial charge in [-0.3, -0.25) is 19.7 Å². The van der Waals surface area contributed by atoms with Gasteiger partial charge in [0.05, 0.1) is 29.7 Å². The van der Waals surface area contributed by atoms with Crippen LogP contribution in [-0.4, -0.2) is 57.3 Å². The van der Waals surface area contributed by atoms with E-state index in [2.05, 4.69) is 10.3 Å². The van der Waals surface area contributed by atoms with Gasteiger partial charge < -0.3 is 15.3 Å². The minimum atomic E-state index is -2.46. The number of nitrogens with one attached hydrogen (secondary N) is 2. The highest BCUT2D eigenvalue weighted by atomic mass is 32.1. The van der Waals surface area contributed by atoms with Gasteiger partial charge in [0.15, 0.2) is 5.78 Å². The second kappa shape index (κ2) is 8.36. The molecule has 4 amide bonds. The molecule has 28 heavy (non-hydrogen) atoms.